The molecule has 1 heteroatoms. The van der Waals surface area contributed by atoms with Crippen LogP contribution in [0.2, 0.25) is 0 Å². The summed E-state index contributed by atoms with van der Waals surface area (Å²) in [5.41, 5.74) is 8.59. The van der Waals surface area contributed by atoms with Gasteiger partial charge in [0, 0.05) is 17.2 Å². The second-order valence-electron chi connectivity index (χ2n) is 7.73. The molecule has 0 bridgehead atoms. The highest BCUT2D eigenvalue weighted by Gasteiger charge is 2.20. The topological polar surface area (TPSA) is 3.88 Å². The normalized spacial score (nSPS) is 11.8. The molecule has 0 aliphatic heterocycles. The first-order valence-electron chi connectivity index (χ1n) is 8.30. The highest BCUT2D eigenvalue weighted by molar-refractivity contribution is 5.62. The molecule has 2 rings (SSSR count). The zero-order valence-corrected chi connectivity index (χ0v) is 15.2. The summed E-state index contributed by atoms with van der Waals surface area (Å²) >= 11 is 0. The van der Waals surface area contributed by atoms with Gasteiger partial charge in [-0.15, -0.1) is 0 Å². The van der Waals surface area contributed by atoms with Crippen molar-refractivity contribution < 1.29 is 4.57 Å². The molecule has 0 saturated carbocycles. The van der Waals surface area contributed by atoms with E-state index in [9.17, 15) is 0 Å². The molecule has 0 amide bonds. The Hall–Kier alpha value is -1.63. The second-order valence-corrected chi connectivity index (χ2v) is 7.73. The SMILES string of the molecule is CCc1cc(-c2ccc(C)cc2C)[n+](C)cc1CC(C)(C)C. The van der Waals surface area contributed by atoms with Gasteiger partial charge in [0.1, 0.15) is 7.05 Å². The van der Waals surface area contributed by atoms with Gasteiger partial charge in [-0.25, -0.2) is 4.57 Å². The molecule has 0 aliphatic rings. The first-order chi connectivity index (χ1) is 10.2. The fourth-order valence-corrected chi connectivity index (χ4v) is 3.17. The van der Waals surface area contributed by atoms with Gasteiger partial charge in [0.05, 0.1) is 0 Å². The average Bonchev–Trinajstić information content (AvgIpc) is 2.38. The lowest BCUT2D eigenvalue weighted by molar-refractivity contribution is -0.660. The van der Waals surface area contributed by atoms with Crippen LogP contribution >= 0.6 is 0 Å². The summed E-state index contributed by atoms with van der Waals surface area (Å²) in [7, 11) is 2.17. The molecule has 0 saturated heterocycles. The number of pyridine rings is 1. The molecule has 0 aliphatic carbocycles. The van der Waals surface area contributed by atoms with Crippen LogP contribution in [0.3, 0.4) is 0 Å². The molecule has 0 fully saturated rings. The summed E-state index contributed by atoms with van der Waals surface area (Å²) in [6, 6.07) is 9.11. The Balaban J connectivity index is 2.54. The van der Waals surface area contributed by atoms with Gasteiger partial charge in [0.25, 0.3) is 0 Å². The van der Waals surface area contributed by atoms with Crippen LogP contribution in [0.1, 0.15) is 49.9 Å². The molecule has 1 aromatic carbocycles. The van der Waals surface area contributed by atoms with Crippen LogP contribution in [0.25, 0.3) is 11.3 Å². The van der Waals surface area contributed by atoms with E-state index in [1.165, 1.54) is 33.5 Å². The summed E-state index contributed by atoms with van der Waals surface area (Å²) in [6.45, 7) is 13.5. The van der Waals surface area contributed by atoms with E-state index in [1.807, 2.05) is 0 Å². The van der Waals surface area contributed by atoms with Crippen molar-refractivity contribution in [2.45, 2.75) is 54.4 Å². The van der Waals surface area contributed by atoms with Gasteiger partial charge >= 0.3 is 0 Å². The third kappa shape index (κ3) is 3.76. The van der Waals surface area contributed by atoms with Crippen LogP contribution in [0.5, 0.6) is 0 Å². The van der Waals surface area contributed by atoms with Gasteiger partial charge in [-0.1, -0.05) is 45.4 Å². The third-order valence-electron chi connectivity index (χ3n) is 4.21. The predicted molar refractivity (Wildman–Crippen MR) is 95.1 cm³/mol. The number of hydrogen-bond donors (Lipinski definition) is 0. The van der Waals surface area contributed by atoms with Gasteiger partial charge in [-0.3, -0.25) is 0 Å². The minimum absolute atomic E-state index is 0.318. The lowest BCUT2D eigenvalue weighted by Crippen LogP contribution is -2.33. The molecule has 1 nitrogen and oxygen atoms in total. The maximum absolute atomic E-state index is 2.39. The minimum Gasteiger partial charge on any atom is -0.201 e. The highest BCUT2D eigenvalue weighted by atomic mass is 14.9. The summed E-state index contributed by atoms with van der Waals surface area (Å²) in [5.74, 6) is 0. The van der Waals surface area contributed by atoms with Crippen LogP contribution in [-0.2, 0) is 19.9 Å². The number of aryl methyl sites for hydroxylation is 4. The quantitative estimate of drug-likeness (QED) is 0.706. The van der Waals surface area contributed by atoms with Crippen molar-refractivity contribution in [2.75, 3.05) is 0 Å². The van der Waals surface area contributed by atoms with Crippen molar-refractivity contribution in [3.05, 3.63) is 52.7 Å². The van der Waals surface area contributed by atoms with E-state index in [1.54, 1.807) is 0 Å². The van der Waals surface area contributed by atoms with Gasteiger partial charge < -0.3 is 0 Å². The Morgan fingerprint density at radius 2 is 1.68 bits per heavy atom. The zero-order chi connectivity index (χ0) is 16.5. The van der Waals surface area contributed by atoms with Crippen LogP contribution in [-0.4, -0.2) is 0 Å². The number of nitrogens with zero attached hydrogens (tertiary/aromatic N) is 1. The minimum atomic E-state index is 0.318. The third-order valence-corrected chi connectivity index (χ3v) is 4.21. The molecule has 118 valence electrons. The Bertz CT molecular complexity index is 675. The first-order valence-corrected chi connectivity index (χ1v) is 8.30. The van der Waals surface area contributed by atoms with Crippen molar-refractivity contribution in [1.82, 2.24) is 0 Å². The number of benzene rings is 1. The smallest absolute Gasteiger partial charge is 0.201 e. The largest absolute Gasteiger partial charge is 0.212 e. The van der Waals surface area contributed by atoms with Crippen LogP contribution in [0, 0.1) is 19.3 Å². The van der Waals surface area contributed by atoms with Crippen molar-refractivity contribution in [3.63, 3.8) is 0 Å². The van der Waals surface area contributed by atoms with Crippen LogP contribution < -0.4 is 4.57 Å². The second kappa shape index (κ2) is 6.24. The monoisotopic (exact) mass is 296 g/mol. The Morgan fingerprint density at radius 3 is 2.23 bits per heavy atom. The average molecular weight is 296 g/mol. The summed E-state index contributed by atoms with van der Waals surface area (Å²) in [5, 5.41) is 0. The molecule has 2 aromatic rings. The lowest BCUT2D eigenvalue weighted by Gasteiger charge is -2.19. The van der Waals surface area contributed by atoms with Gasteiger partial charge in [0.15, 0.2) is 6.20 Å². The highest BCUT2D eigenvalue weighted by Crippen LogP contribution is 2.27. The van der Waals surface area contributed by atoms with Gasteiger partial charge in [-0.2, -0.15) is 0 Å². The van der Waals surface area contributed by atoms with Crippen LogP contribution in [0.4, 0.5) is 0 Å². The fourth-order valence-electron chi connectivity index (χ4n) is 3.17. The molecular formula is C21H30N+. The van der Waals surface area contributed by atoms with E-state index < -0.39 is 0 Å². The maximum atomic E-state index is 2.39. The molecular weight excluding hydrogens is 266 g/mol. The molecule has 1 aromatic heterocycles. The van der Waals surface area contributed by atoms with E-state index in [-0.39, 0.29) is 0 Å². The molecule has 0 spiro atoms. The Kier molecular flexibility index (Phi) is 4.75. The van der Waals surface area contributed by atoms with E-state index in [2.05, 4.69) is 83.6 Å². The molecule has 0 N–H and O–H groups in total. The van der Waals surface area contributed by atoms with Gasteiger partial charge in [0.2, 0.25) is 5.69 Å². The summed E-state index contributed by atoms with van der Waals surface area (Å²) in [4.78, 5) is 0. The van der Waals surface area contributed by atoms with Crippen LogP contribution in [0.15, 0.2) is 30.5 Å². The zero-order valence-electron chi connectivity index (χ0n) is 15.2. The first kappa shape index (κ1) is 16.7. The maximum Gasteiger partial charge on any atom is 0.212 e. The van der Waals surface area contributed by atoms with Gasteiger partial charge in [-0.05, 0) is 49.3 Å². The molecule has 1 heterocycles. The van der Waals surface area contributed by atoms with E-state index in [0.717, 1.165) is 12.8 Å². The number of hydrogen-bond acceptors (Lipinski definition) is 0. The van der Waals surface area contributed by atoms with E-state index in [0.29, 0.717) is 5.41 Å². The summed E-state index contributed by atoms with van der Waals surface area (Å²) < 4.78 is 2.29. The van der Waals surface area contributed by atoms with Crippen molar-refractivity contribution in [2.24, 2.45) is 12.5 Å². The fraction of sp³-hybridized carbons (Fsp3) is 0.476. The predicted octanol–water partition coefficient (Wildman–Crippen LogP) is 4.95. The van der Waals surface area contributed by atoms with E-state index >= 15 is 0 Å². The Morgan fingerprint density at radius 1 is 1.00 bits per heavy atom. The summed E-state index contributed by atoms with van der Waals surface area (Å²) in [6.07, 6.45) is 4.54. The lowest BCUT2D eigenvalue weighted by atomic mass is 9.86. The number of aromatic nitrogens is 1. The molecule has 0 atom stereocenters. The van der Waals surface area contributed by atoms with Crippen molar-refractivity contribution in [1.29, 1.82) is 0 Å². The van der Waals surface area contributed by atoms with Crippen molar-refractivity contribution >= 4 is 0 Å². The van der Waals surface area contributed by atoms with Crippen molar-refractivity contribution in [3.8, 4) is 11.3 Å². The molecule has 0 radical (unpaired) electrons. The number of rotatable bonds is 3. The molecule has 0 unspecified atom stereocenters. The van der Waals surface area contributed by atoms with E-state index in [4.69, 9.17) is 0 Å². The standard InChI is InChI=1S/C21H30N/c1-8-17-12-20(19-10-9-15(2)11-16(19)3)22(7)14-18(17)13-21(4,5)6/h9-12,14H,8,13H2,1-7H3/q+1. The molecule has 22 heavy (non-hydrogen) atoms. The Labute approximate surface area is 136 Å².